The zero-order valence-corrected chi connectivity index (χ0v) is 10.2. The van der Waals surface area contributed by atoms with Gasteiger partial charge in [0.25, 0.3) is 0 Å². The molecule has 0 bridgehead atoms. The second kappa shape index (κ2) is 4.61. The van der Waals surface area contributed by atoms with E-state index in [2.05, 4.69) is 4.98 Å². The molecule has 2 rings (SSSR count). The van der Waals surface area contributed by atoms with Crippen LogP contribution in [0.3, 0.4) is 0 Å². The topological polar surface area (TPSA) is 12.9 Å². The highest BCUT2D eigenvalue weighted by Crippen LogP contribution is 2.32. The molecular formula is C13H9ClF3N. The van der Waals surface area contributed by atoms with E-state index in [1.807, 2.05) is 0 Å². The maximum Gasteiger partial charge on any atom is 0.416 e. The maximum atomic E-state index is 12.5. The Kier molecular flexibility index (Phi) is 3.30. The highest BCUT2D eigenvalue weighted by Gasteiger charge is 2.30. The summed E-state index contributed by atoms with van der Waals surface area (Å²) < 4.78 is 37.6. The summed E-state index contributed by atoms with van der Waals surface area (Å²) in [6.07, 6.45) is -4.33. The average molecular weight is 272 g/mol. The van der Waals surface area contributed by atoms with Gasteiger partial charge in [0, 0.05) is 5.56 Å². The van der Waals surface area contributed by atoms with Crippen LogP contribution in [0, 0.1) is 6.92 Å². The molecule has 1 aromatic heterocycles. The smallest absolute Gasteiger partial charge is 0.236 e. The van der Waals surface area contributed by atoms with E-state index in [0.29, 0.717) is 22.0 Å². The Balaban J connectivity index is 2.48. The zero-order chi connectivity index (χ0) is 13.3. The lowest BCUT2D eigenvalue weighted by atomic mass is 10.0. The minimum atomic E-state index is -4.33. The van der Waals surface area contributed by atoms with Crippen LogP contribution >= 0.6 is 11.6 Å². The van der Waals surface area contributed by atoms with Crippen molar-refractivity contribution < 1.29 is 13.2 Å². The van der Waals surface area contributed by atoms with Crippen LogP contribution in [0.1, 0.15) is 11.1 Å². The summed E-state index contributed by atoms with van der Waals surface area (Å²) in [6.45, 7) is 1.62. The molecule has 0 saturated carbocycles. The predicted molar refractivity (Wildman–Crippen MR) is 64.4 cm³/mol. The van der Waals surface area contributed by atoms with Gasteiger partial charge in [0.05, 0.1) is 11.3 Å². The van der Waals surface area contributed by atoms with E-state index in [9.17, 15) is 13.2 Å². The Bertz CT molecular complexity index is 579. The van der Waals surface area contributed by atoms with Crippen LogP contribution in [0.4, 0.5) is 13.2 Å². The van der Waals surface area contributed by atoms with Crippen molar-refractivity contribution in [1.29, 1.82) is 0 Å². The maximum absolute atomic E-state index is 12.5. The number of hydrogen-bond acceptors (Lipinski definition) is 1. The Hall–Kier alpha value is -1.55. The summed E-state index contributed by atoms with van der Waals surface area (Å²) in [5.41, 5.74) is 1.06. The van der Waals surface area contributed by atoms with Gasteiger partial charge in [-0.05, 0) is 36.8 Å². The number of aromatic nitrogens is 1. The third-order valence-electron chi connectivity index (χ3n) is 2.54. The summed E-state index contributed by atoms with van der Waals surface area (Å²) in [4.78, 5) is 4.08. The zero-order valence-electron chi connectivity index (χ0n) is 9.42. The van der Waals surface area contributed by atoms with Crippen LogP contribution in [0.15, 0.2) is 36.4 Å². The second-order valence-corrected chi connectivity index (χ2v) is 4.26. The average Bonchev–Trinajstić information content (AvgIpc) is 2.27. The van der Waals surface area contributed by atoms with Crippen molar-refractivity contribution >= 4 is 11.6 Å². The number of rotatable bonds is 1. The molecule has 0 radical (unpaired) electrons. The molecule has 2 aromatic rings. The normalized spacial score (nSPS) is 11.6. The van der Waals surface area contributed by atoms with Crippen molar-refractivity contribution in [1.82, 2.24) is 4.98 Å². The third kappa shape index (κ3) is 2.64. The van der Waals surface area contributed by atoms with Gasteiger partial charge in [-0.1, -0.05) is 23.7 Å². The molecule has 0 atom stereocenters. The van der Waals surface area contributed by atoms with E-state index in [4.69, 9.17) is 11.6 Å². The molecule has 0 aliphatic carbocycles. The van der Waals surface area contributed by atoms with E-state index in [0.717, 1.165) is 12.1 Å². The lowest BCUT2D eigenvalue weighted by Gasteiger charge is -2.10. The molecule has 0 fully saturated rings. The molecule has 18 heavy (non-hydrogen) atoms. The molecule has 0 amide bonds. The molecular weight excluding hydrogens is 263 g/mol. The van der Waals surface area contributed by atoms with Gasteiger partial charge in [0.15, 0.2) is 0 Å². The van der Waals surface area contributed by atoms with Gasteiger partial charge in [0.1, 0.15) is 5.15 Å². The van der Waals surface area contributed by atoms with E-state index < -0.39 is 11.7 Å². The van der Waals surface area contributed by atoms with E-state index in [1.54, 1.807) is 25.1 Å². The SMILES string of the molecule is Cc1cc(C(F)(F)F)ccc1-c1cccc(Cl)n1. The van der Waals surface area contributed by atoms with E-state index in [1.165, 1.54) is 6.07 Å². The van der Waals surface area contributed by atoms with E-state index >= 15 is 0 Å². The first kappa shape index (κ1) is 12.9. The number of aryl methyl sites for hydroxylation is 1. The van der Waals surface area contributed by atoms with Crippen LogP contribution in [-0.4, -0.2) is 4.98 Å². The molecule has 1 nitrogen and oxygen atoms in total. The number of nitrogens with zero attached hydrogens (tertiary/aromatic N) is 1. The molecule has 0 spiro atoms. The van der Waals surface area contributed by atoms with Crippen molar-refractivity contribution in [3.63, 3.8) is 0 Å². The third-order valence-corrected chi connectivity index (χ3v) is 2.76. The predicted octanol–water partition coefficient (Wildman–Crippen LogP) is 4.73. The van der Waals surface area contributed by atoms with Gasteiger partial charge in [-0.3, -0.25) is 0 Å². The van der Waals surface area contributed by atoms with Gasteiger partial charge in [-0.25, -0.2) is 4.98 Å². The molecule has 5 heteroatoms. The van der Waals surface area contributed by atoms with Gasteiger partial charge in [-0.15, -0.1) is 0 Å². The molecule has 0 aliphatic heterocycles. The first-order valence-corrected chi connectivity index (χ1v) is 5.56. The molecule has 1 heterocycles. The van der Waals surface area contributed by atoms with Crippen molar-refractivity contribution in [3.8, 4) is 11.3 Å². The summed E-state index contributed by atoms with van der Waals surface area (Å²) in [5, 5.41) is 0.312. The van der Waals surface area contributed by atoms with Crippen LogP contribution < -0.4 is 0 Å². The lowest BCUT2D eigenvalue weighted by Crippen LogP contribution is -2.05. The first-order chi connectivity index (χ1) is 8.38. The van der Waals surface area contributed by atoms with Crippen LogP contribution in [0.2, 0.25) is 5.15 Å². The standard InChI is InChI=1S/C13H9ClF3N/c1-8-7-9(13(15,16)17)5-6-10(8)11-3-2-4-12(14)18-11/h2-7H,1H3. The molecule has 0 saturated heterocycles. The summed E-state index contributed by atoms with van der Waals surface area (Å²) >= 11 is 5.76. The monoisotopic (exact) mass is 271 g/mol. The number of alkyl halides is 3. The van der Waals surface area contributed by atoms with Crippen molar-refractivity contribution in [3.05, 3.63) is 52.7 Å². The minimum absolute atomic E-state index is 0.312. The fourth-order valence-corrected chi connectivity index (χ4v) is 1.85. The fraction of sp³-hybridized carbons (Fsp3) is 0.154. The molecule has 94 valence electrons. The van der Waals surface area contributed by atoms with Gasteiger partial charge in [0.2, 0.25) is 0 Å². The lowest BCUT2D eigenvalue weighted by molar-refractivity contribution is -0.137. The quantitative estimate of drug-likeness (QED) is 0.683. The number of pyridine rings is 1. The largest absolute Gasteiger partial charge is 0.416 e. The number of hydrogen-bond donors (Lipinski definition) is 0. The highest BCUT2D eigenvalue weighted by atomic mass is 35.5. The fourth-order valence-electron chi connectivity index (χ4n) is 1.69. The Labute approximate surface area is 107 Å². The Morgan fingerprint density at radius 2 is 1.83 bits per heavy atom. The Morgan fingerprint density at radius 1 is 1.11 bits per heavy atom. The van der Waals surface area contributed by atoms with Crippen LogP contribution in [0.25, 0.3) is 11.3 Å². The number of halogens is 4. The Morgan fingerprint density at radius 3 is 2.39 bits per heavy atom. The van der Waals surface area contributed by atoms with Gasteiger partial charge >= 0.3 is 6.18 Å². The minimum Gasteiger partial charge on any atom is -0.236 e. The first-order valence-electron chi connectivity index (χ1n) is 5.19. The molecule has 0 unspecified atom stereocenters. The molecule has 0 aliphatic rings. The molecule has 1 aromatic carbocycles. The van der Waals surface area contributed by atoms with Crippen molar-refractivity contribution in [2.45, 2.75) is 13.1 Å². The van der Waals surface area contributed by atoms with Gasteiger partial charge in [-0.2, -0.15) is 13.2 Å². The summed E-state index contributed by atoms with van der Waals surface area (Å²) in [5.74, 6) is 0. The summed E-state index contributed by atoms with van der Waals surface area (Å²) in [7, 11) is 0. The van der Waals surface area contributed by atoms with E-state index in [-0.39, 0.29) is 0 Å². The highest BCUT2D eigenvalue weighted by molar-refractivity contribution is 6.29. The van der Waals surface area contributed by atoms with Crippen molar-refractivity contribution in [2.75, 3.05) is 0 Å². The van der Waals surface area contributed by atoms with Crippen LogP contribution in [-0.2, 0) is 6.18 Å². The number of benzene rings is 1. The second-order valence-electron chi connectivity index (χ2n) is 3.87. The summed E-state index contributed by atoms with van der Waals surface area (Å²) in [6, 6.07) is 8.60. The van der Waals surface area contributed by atoms with Gasteiger partial charge < -0.3 is 0 Å². The van der Waals surface area contributed by atoms with Crippen molar-refractivity contribution in [2.24, 2.45) is 0 Å². The van der Waals surface area contributed by atoms with Crippen LogP contribution in [0.5, 0.6) is 0 Å². The molecule has 0 N–H and O–H groups in total.